The Kier molecular flexibility index (Phi) is 2.80. The normalized spacial score (nSPS) is 10.6. The molecule has 0 saturated heterocycles. The van der Waals surface area contributed by atoms with Gasteiger partial charge in [0.1, 0.15) is 17.3 Å². The quantitative estimate of drug-likeness (QED) is 0.701. The molecule has 3 nitrogen and oxygen atoms in total. The molecule has 0 atom stereocenters. The number of hydrogen-bond donors (Lipinski definition) is 0. The van der Waals surface area contributed by atoms with Crippen molar-refractivity contribution < 1.29 is 9.15 Å². The van der Waals surface area contributed by atoms with E-state index in [1.165, 1.54) is 12.1 Å². The zero-order chi connectivity index (χ0) is 13.2. The van der Waals surface area contributed by atoms with Crippen LogP contribution in [-0.2, 0) is 0 Å². The van der Waals surface area contributed by atoms with Gasteiger partial charge in [-0.3, -0.25) is 4.79 Å². The van der Waals surface area contributed by atoms with Crippen LogP contribution < -0.4 is 10.2 Å². The molecule has 1 aliphatic carbocycles. The molecule has 0 bridgehead atoms. The van der Waals surface area contributed by atoms with E-state index in [9.17, 15) is 4.79 Å². The van der Waals surface area contributed by atoms with Crippen molar-refractivity contribution in [3.63, 3.8) is 0 Å². The molecule has 0 aromatic heterocycles. The van der Waals surface area contributed by atoms with E-state index in [1.54, 1.807) is 7.11 Å². The van der Waals surface area contributed by atoms with E-state index < -0.39 is 0 Å². The maximum Gasteiger partial charge on any atom is 0.186 e. The summed E-state index contributed by atoms with van der Waals surface area (Å²) in [6.45, 7) is 0. The van der Waals surface area contributed by atoms with Gasteiger partial charge < -0.3 is 9.15 Å². The number of hydrogen-bond acceptors (Lipinski definition) is 3. The number of methoxy groups -OCH3 is 1. The minimum atomic E-state index is -0.127. The summed E-state index contributed by atoms with van der Waals surface area (Å²) in [5, 5.41) is 0. The van der Waals surface area contributed by atoms with E-state index in [4.69, 9.17) is 9.15 Å². The monoisotopic (exact) mass is 252 g/mol. The Morgan fingerprint density at radius 1 is 0.947 bits per heavy atom. The molecule has 0 spiro atoms. The van der Waals surface area contributed by atoms with Crippen LogP contribution in [0.2, 0.25) is 0 Å². The third-order valence-corrected chi connectivity index (χ3v) is 2.98. The van der Waals surface area contributed by atoms with E-state index in [2.05, 4.69) is 0 Å². The number of ether oxygens (including phenoxy) is 1. The predicted molar refractivity (Wildman–Crippen MR) is 73.6 cm³/mol. The van der Waals surface area contributed by atoms with Crippen molar-refractivity contribution in [1.82, 2.24) is 0 Å². The molecule has 0 unspecified atom stereocenters. The summed E-state index contributed by atoms with van der Waals surface area (Å²) in [6.07, 6.45) is 0. The fourth-order valence-electron chi connectivity index (χ4n) is 2.06. The summed E-state index contributed by atoms with van der Waals surface area (Å²) in [5.74, 6) is 1.79. The Balaban J connectivity index is 2.22. The molecule has 19 heavy (non-hydrogen) atoms. The molecule has 0 radical (unpaired) electrons. The molecule has 0 saturated carbocycles. The molecule has 1 heterocycles. The van der Waals surface area contributed by atoms with Crippen LogP contribution in [0.5, 0.6) is 5.75 Å². The summed E-state index contributed by atoms with van der Waals surface area (Å²) in [6, 6.07) is 16.5. The molecule has 0 amide bonds. The highest BCUT2D eigenvalue weighted by atomic mass is 16.5. The van der Waals surface area contributed by atoms with Crippen LogP contribution in [0.1, 0.15) is 0 Å². The SMILES string of the molecule is COc1cc(=O)cc2oc(-c3ccccc3)ccc1-2. The van der Waals surface area contributed by atoms with Gasteiger partial charge in [-0.2, -0.15) is 0 Å². The van der Waals surface area contributed by atoms with Gasteiger partial charge in [-0.25, -0.2) is 0 Å². The number of rotatable bonds is 2. The maximum absolute atomic E-state index is 11.6. The lowest BCUT2D eigenvalue weighted by molar-refractivity contribution is 0.413. The van der Waals surface area contributed by atoms with E-state index in [0.29, 0.717) is 11.5 Å². The summed E-state index contributed by atoms with van der Waals surface area (Å²) in [7, 11) is 1.54. The lowest BCUT2D eigenvalue weighted by atomic mass is 10.1. The largest absolute Gasteiger partial charge is 0.496 e. The fraction of sp³-hybridized carbons (Fsp3) is 0.0625. The number of fused-ring (bicyclic) bond motifs is 1. The molecule has 1 aromatic rings. The highest BCUT2D eigenvalue weighted by molar-refractivity contribution is 5.70. The predicted octanol–water partition coefficient (Wildman–Crippen LogP) is 3.42. The Bertz CT molecular complexity index is 729. The fourth-order valence-corrected chi connectivity index (χ4v) is 2.06. The molecule has 3 heteroatoms. The topological polar surface area (TPSA) is 39.4 Å². The van der Waals surface area contributed by atoms with E-state index in [1.807, 2.05) is 42.5 Å². The summed E-state index contributed by atoms with van der Waals surface area (Å²) in [5.41, 5.74) is 1.64. The summed E-state index contributed by atoms with van der Waals surface area (Å²) in [4.78, 5) is 11.6. The number of benzene rings is 2. The van der Waals surface area contributed by atoms with E-state index in [-0.39, 0.29) is 5.43 Å². The molecule has 0 fully saturated rings. The Morgan fingerprint density at radius 2 is 1.74 bits per heavy atom. The van der Waals surface area contributed by atoms with E-state index in [0.717, 1.165) is 16.9 Å². The lowest BCUT2D eigenvalue weighted by Crippen LogP contribution is -2.01. The van der Waals surface area contributed by atoms with Crippen LogP contribution in [0.25, 0.3) is 22.6 Å². The second-order valence-corrected chi connectivity index (χ2v) is 4.20. The Morgan fingerprint density at radius 3 is 2.47 bits per heavy atom. The molecule has 0 N–H and O–H groups in total. The van der Waals surface area contributed by atoms with Crippen LogP contribution in [-0.4, -0.2) is 7.11 Å². The first-order chi connectivity index (χ1) is 9.28. The third kappa shape index (κ3) is 2.10. The zero-order valence-corrected chi connectivity index (χ0v) is 10.4. The highest BCUT2D eigenvalue weighted by Gasteiger charge is 2.13. The summed E-state index contributed by atoms with van der Waals surface area (Å²) < 4.78 is 11.0. The van der Waals surface area contributed by atoms with Crippen LogP contribution in [0, 0.1) is 0 Å². The van der Waals surface area contributed by atoms with Gasteiger partial charge in [0.05, 0.1) is 12.7 Å². The molecule has 3 rings (SSSR count). The van der Waals surface area contributed by atoms with Crippen molar-refractivity contribution in [1.29, 1.82) is 0 Å². The minimum absolute atomic E-state index is 0.127. The van der Waals surface area contributed by atoms with Crippen molar-refractivity contribution in [2.24, 2.45) is 0 Å². The standard InChI is InChI=1S/C16H12O3/c1-18-15-9-12(17)10-16-13(15)7-8-14(19-16)11-5-3-2-4-6-11/h2-10H,1H3. The van der Waals surface area contributed by atoms with Crippen molar-refractivity contribution in [2.45, 2.75) is 0 Å². The van der Waals surface area contributed by atoms with Crippen LogP contribution in [0.4, 0.5) is 0 Å². The second-order valence-electron chi connectivity index (χ2n) is 4.20. The first-order valence-corrected chi connectivity index (χ1v) is 5.95. The van der Waals surface area contributed by atoms with Crippen LogP contribution in [0.3, 0.4) is 0 Å². The van der Waals surface area contributed by atoms with Gasteiger partial charge in [-0.05, 0) is 12.1 Å². The zero-order valence-electron chi connectivity index (χ0n) is 10.4. The van der Waals surface area contributed by atoms with Crippen molar-refractivity contribution in [2.75, 3.05) is 7.11 Å². The van der Waals surface area contributed by atoms with Crippen molar-refractivity contribution >= 4 is 0 Å². The van der Waals surface area contributed by atoms with Crippen LogP contribution in [0.15, 0.2) is 63.8 Å². The molecule has 94 valence electrons. The smallest absolute Gasteiger partial charge is 0.186 e. The first-order valence-electron chi connectivity index (χ1n) is 5.95. The molecular weight excluding hydrogens is 240 g/mol. The van der Waals surface area contributed by atoms with Crippen molar-refractivity contribution in [3.05, 3.63) is 64.8 Å². The van der Waals surface area contributed by atoms with Gasteiger partial charge in [-0.1, -0.05) is 30.3 Å². The molecule has 1 aliphatic heterocycles. The maximum atomic E-state index is 11.6. The third-order valence-electron chi connectivity index (χ3n) is 2.98. The Labute approximate surface area is 110 Å². The molecular formula is C16H12O3. The van der Waals surface area contributed by atoms with Crippen molar-refractivity contribution in [3.8, 4) is 28.4 Å². The average Bonchev–Trinajstić information content (AvgIpc) is 2.46. The lowest BCUT2D eigenvalue weighted by Gasteiger charge is -2.11. The van der Waals surface area contributed by atoms with E-state index >= 15 is 0 Å². The summed E-state index contributed by atoms with van der Waals surface area (Å²) >= 11 is 0. The van der Waals surface area contributed by atoms with Gasteiger partial charge in [0.25, 0.3) is 0 Å². The first kappa shape index (κ1) is 11.5. The minimum Gasteiger partial charge on any atom is -0.496 e. The second kappa shape index (κ2) is 4.61. The molecule has 1 aromatic carbocycles. The van der Waals surface area contributed by atoms with Gasteiger partial charge in [0.2, 0.25) is 0 Å². The Hall–Kier alpha value is -2.55. The van der Waals surface area contributed by atoms with Gasteiger partial charge in [0, 0.05) is 17.7 Å². The average molecular weight is 252 g/mol. The van der Waals surface area contributed by atoms with Gasteiger partial charge in [-0.15, -0.1) is 0 Å². The van der Waals surface area contributed by atoms with Gasteiger partial charge >= 0.3 is 0 Å². The van der Waals surface area contributed by atoms with Crippen LogP contribution >= 0.6 is 0 Å². The molecule has 2 aliphatic rings. The highest BCUT2D eigenvalue weighted by Crippen LogP contribution is 2.33. The van der Waals surface area contributed by atoms with Gasteiger partial charge in [0.15, 0.2) is 5.43 Å².